The van der Waals surface area contributed by atoms with Crippen LogP contribution in [-0.4, -0.2) is 34.0 Å². The number of rotatable bonds is 1. The number of aliphatic hydroxyl groups is 2. The Bertz CT molecular complexity index is 594. The minimum atomic E-state index is -0.517. The smallest absolute Gasteiger partial charge is 0.140 e. The number of carbonyl (C=O) groups is 2. The summed E-state index contributed by atoms with van der Waals surface area (Å²) in [4.78, 5) is 25.6. The minimum Gasteiger partial charge on any atom is -0.392 e. The highest BCUT2D eigenvalue weighted by atomic mass is 16.3. The van der Waals surface area contributed by atoms with Crippen molar-refractivity contribution in [2.75, 3.05) is 0 Å². The summed E-state index contributed by atoms with van der Waals surface area (Å²) in [6.07, 6.45) is -0.241. The molecule has 0 unspecified atom stereocenters. The van der Waals surface area contributed by atoms with Gasteiger partial charge in [-0.25, -0.2) is 0 Å². The lowest BCUT2D eigenvalue weighted by atomic mass is 9.71. The first-order valence-electron chi connectivity index (χ1n) is 9.24. The van der Waals surface area contributed by atoms with E-state index in [1.165, 1.54) is 0 Å². The molecule has 4 aliphatic carbocycles. The molecule has 0 heterocycles. The van der Waals surface area contributed by atoms with E-state index in [1.54, 1.807) is 0 Å². The predicted octanol–water partition coefficient (Wildman–Crippen LogP) is 2.21. The molecule has 4 rings (SSSR count). The largest absolute Gasteiger partial charge is 0.392 e. The van der Waals surface area contributed by atoms with Crippen LogP contribution in [0.5, 0.6) is 0 Å². The maximum absolute atomic E-state index is 12.8. The average Bonchev–Trinajstić information content (AvgIpc) is 3.26. The van der Waals surface area contributed by atoms with Crippen LogP contribution in [-0.2, 0) is 9.59 Å². The number of hydrogen-bond donors (Lipinski definition) is 2. The highest BCUT2D eigenvalue weighted by Gasteiger charge is 2.85. The third-order valence-electron chi connectivity index (χ3n) is 8.43. The minimum absolute atomic E-state index is 0.0317. The van der Waals surface area contributed by atoms with Crippen molar-refractivity contribution in [2.24, 2.45) is 45.3 Å². The number of fused-ring (bicyclic) bond motifs is 2. The molecule has 0 aromatic heterocycles. The molecule has 0 aromatic rings. The van der Waals surface area contributed by atoms with Crippen LogP contribution in [0.3, 0.4) is 0 Å². The molecule has 24 heavy (non-hydrogen) atoms. The lowest BCUT2D eigenvalue weighted by Crippen LogP contribution is -2.41. The molecule has 0 aromatic carbocycles. The Morgan fingerprint density at radius 2 is 0.958 bits per heavy atom. The summed E-state index contributed by atoms with van der Waals surface area (Å²) in [7, 11) is 0. The first-order valence-corrected chi connectivity index (χ1v) is 9.24. The summed E-state index contributed by atoms with van der Waals surface area (Å²) in [5.74, 6) is 0.379. The summed E-state index contributed by atoms with van der Waals surface area (Å²) in [6.45, 7) is 11.8. The Labute approximate surface area is 144 Å². The van der Waals surface area contributed by atoms with Crippen LogP contribution < -0.4 is 0 Å². The quantitative estimate of drug-likeness (QED) is 0.771. The number of carbonyl (C=O) groups excluding carboxylic acids is 2. The van der Waals surface area contributed by atoms with Gasteiger partial charge in [-0.2, -0.15) is 0 Å². The summed E-state index contributed by atoms with van der Waals surface area (Å²) in [5, 5.41) is 21.7. The Morgan fingerprint density at radius 3 is 1.25 bits per heavy atom. The van der Waals surface area contributed by atoms with Crippen molar-refractivity contribution in [3.63, 3.8) is 0 Å². The lowest BCUT2D eigenvalue weighted by Gasteiger charge is -2.36. The maximum atomic E-state index is 12.8. The number of hydrogen-bond acceptors (Lipinski definition) is 4. The molecule has 4 nitrogen and oxygen atoms in total. The SMILES string of the molecule is CC1(C)CC(=O)[C@]2(C)[C@H]([C@@H]3[C@@H]4[C@H](O)C(C)(C)CC(=O)[C@]34C)[C@H]2[C@H]1O. The van der Waals surface area contributed by atoms with E-state index in [2.05, 4.69) is 0 Å². The van der Waals surface area contributed by atoms with E-state index in [-0.39, 0.29) is 35.2 Å². The third-order valence-corrected chi connectivity index (χ3v) is 8.43. The van der Waals surface area contributed by atoms with Crippen LogP contribution in [0, 0.1) is 45.3 Å². The molecule has 4 saturated carbocycles. The zero-order chi connectivity index (χ0) is 18.0. The molecule has 0 aliphatic heterocycles. The van der Waals surface area contributed by atoms with E-state index in [0.717, 1.165) is 0 Å². The van der Waals surface area contributed by atoms with Gasteiger partial charge < -0.3 is 10.2 Å². The molecule has 8 atom stereocenters. The normalized spacial score (nSPS) is 57.2. The summed E-state index contributed by atoms with van der Waals surface area (Å²) in [6, 6.07) is 0. The molecule has 134 valence electrons. The fourth-order valence-electron chi connectivity index (χ4n) is 6.54. The maximum Gasteiger partial charge on any atom is 0.140 e. The molecule has 0 bridgehead atoms. The molecule has 0 radical (unpaired) electrons. The third kappa shape index (κ3) is 1.63. The van der Waals surface area contributed by atoms with E-state index in [1.807, 2.05) is 41.5 Å². The van der Waals surface area contributed by atoms with Gasteiger partial charge in [0, 0.05) is 35.5 Å². The van der Waals surface area contributed by atoms with Crippen LogP contribution in [0.4, 0.5) is 0 Å². The topological polar surface area (TPSA) is 74.6 Å². The van der Waals surface area contributed by atoms with Gasteiger partial charge in [0.15, 0.2) is 0 Å². The average molecular weight is 334 g/mol. The van der Waals surface area contributed by atoms with Crippen molar-refractivity contribution < 1.29 is 19.8 Å². The molecular formula is C20H30O4. The van der Waals surface area contributed by atoms with Crippen molar-refractivity contribution in [2.45, 2.75) is 66.6 Å². The van der Waals surface area contributed by atoms with Crippen LogP contribution in [0.2, 0.25) is 0 Å². The van der Waals surface area contributed by atoms with E-state index in [4.69, 9.17) is 0 Å². The van der Waals surface area contributed by atoms with Gasteiger partial charge in [-0.1, -0.05) is 41.5 Å². The van der Waals surface area contributed by atoms with Gasteiger partial charge in [0.25, 0.3) is 0 Å². The van der Waals surface area contributed by atoms with Crippen LogP contribution >= 0.6 is 0 Å². The number of Topliss-reactive ketones (excluding diaryl/α,β-unsaturated/α-hetero) is 2. The molecule has 0 spiro atoms. The molecule has 0 saturated heterocycles. The van der Waals surface area contributed by atoms with Gasteiger partial charge in [0.1, 0.15) is 11.6 Å². The molecule has 0 amide bonds. The van der Waals surface area contributed by atoms with Crippen LogP contribution in [0.15, 0.2) is 0 Å². The van der Waals surface area contributed by atoms with Gasteiger partial charge in [0.05, 0.1) is 12.2 Å². The lowest BCUT2D eigenvalue weighted by molar-refractivity contribution is -0.135. The second kappa shape index (κ2) is 4.15. The summed E-state index contributed by atoms with van der Waals surface area (Å²) in [5.41, 5.74) is -1.83. The first kappa shape index (κ1) is 16.7. The second-order valence-corrected chi connectivity index (χ2v) is 10.7. The van der Waals surface area contributed by atoms with E-state index in [0.29, 0.717) is 12.8 Å². The fraction of sp³-hybridized carbons (Fsp3) is 0.900. The van der Waals surface area contributed by atoms with Crippen molar-refractivity contribution in [1.82, 2.24) is 0 Å². The second-order valence-electron chi connectivity index (χ2n) is 10.7. The predicted molar refractivity (Wildman–Crippen MR) is 89.0 cm³/mol. The summed E-state index contributed by atoms with van der Waals surface area (Å²) >= 11 is 0. The van der Waals surface area contributed by atoms with Gasteiger partial charge in [0.2, 0.25) is 0 Å². The molecule has 4 fully saturated rings. The van der Waals surface area contributed by atoms with E-state index >= 15 is 0 Å². The molecule has 4 heteroatoms. The molecule has 4 aliphatic rings. The van der Waals surface area contributed by atoms with Crippen molar-refractivity contribution >= 4 is 11.6 Å². The Balaban J connectivity index is 1.70. The van der Waals surface area contributed by atoms with Gasteiger partial charge in [-0.15, -0.1) is 0 Å². The van der Waals surface area contributed by atoms with Crippen LogP contribution in [0.1, 0.15) is 54.4 Å². The van der Waals surface area contributed by atoms with Crippen molar-refractivity contribution in [1.29, 1.82) is 0 Å². The molecule has 2 N–H and O–H groups in total. The van der Waals surface area contributed by atoms with E-state index in [9.17, 15) is 19.8 Å². The number of aliphatic hydroxyl groups excluding tert-OH is 2. The monoisotopic (exact) mass is 334 g/mol. The highest BCUT2D eigenvalue weighted by molar-refractivity contribution is 5.93. The Kier molecular flexibility index (Phi) is 2.89. The highest BCUT2D eigenvalue weighted by Crippen LogP contribution is 2.81. The Morgan fingerprint density at radius 1 is 0.667 bits per heavy atom. The fourth-order valence-corrected chi connectivity index (χ4v) is 6.54. The van der Waals surface area contributed by atoms with Gasteiger partial charge in [-0.05, 0) is 22.7 Å². The van der Waals surface area contributed by atoms with Gasteiger partial charge >= 0.3 is 0 Å². The zero-order valence-corrected chi connectivity index (χ0v) is 15.6. The van der Waals surface area contributed by atoms with Crippen molar-refractivity contribution in [3.05, 3.63) is 0 Å². The standard InChI is InChI=1S/C20H30O4/c1-17(2)7-9(21)19(5)11(13(19)15(17)23)12-14-16(24)18(3,4)8-10(22)20(12,14)6/h11-16,23-24H,7-8H2,1-6H3/t11-,12-,13-,14+,15+,16-,19-,20-/m1/s1. The summed E-state index contributed by atoms with van der Waals surface area (Å²) < 4.78 is 0. The molecular weight excluding hydrogens is 304 g/mol. The number of ketones is 2. The Hall–Kier alpha value is -0.740. The van der Waals surface area contributed by atoms with Crippen LogP contribution in [0.25, 0.3) is 0 Å². The van der Waals surface area contributed by atoms with E-state index < -0.39 is 33.9 Å². The first-order chi connectivity index (χ1) is 10.8. The zero-order valence-electron chi connectivity index (χ0n) is 15.6. The van der Waals surface area contributed by atoms with Crippen molar-refractivity contribution in [3.8, 4) is 0 Å². The van der Waals surface area contributed by atoms with Gasteiger partial charge in [-0.3, -0.25) is 9.59 Å².